The van der Waals surface area contributed by atoms with Crippen LogP contribution in [0.15, 0.2) is 71.8 Å². The highest BCUT2D eigenvalue weighted by molar-refractivity contribution is 5.95. The number of hydrogen-bond acceptors (Lipinski definition) is 5. The maximum absolute atomic E-state index is 14.4. The summed E-state index contributed by atoms with van der Waals surface area (Å²) in [6.45, 7) is 0.720. The maximum atomic E-state index is 14.4. The lowest BCUT2D eigenvalue weighted by atomic mass is 10.1. The van der Waals surface area contributed by atoms with Crippen molar-refractivity contribution in [1.29, 1.82) is 0 Å². The summed E-state index contributed by atoms with van der Waals surface area (Å²) in [6.07, 6.45) is 3.33. The van der Waals surface area contributed by atoms with Crippen molar-refractivity contribution in [3.8, 4) is 5.75 Å². The fraction of sp³-hybridized carbons (Fsp3) is 0.222. The smallest absolute Gasteiger partial charge is 0.255 e. The number of halogens is 2. The number of carbonyl (C=O) groups excluding carboxylic acids is 1. The quantitative estimate of drug-likeness (QED) is 0.354. The van der Waals surface area contributed by atoms with Crippen molar-refractivity contribution in [3.05, 3.63) is 117 Å². The minimum Gasteiger partial charge on any atom is -0.494 e. The second kappa shape index (κ2) is 11.6. The molecule has 1 amide bonds. The van der Waals surface area contributed by atoms with E-state index in [0.29, 0.717) is 18.8 Å². The van der Waals surface area contributed by atoms with Crippen molar-refractivity contribution in [2.24, 2.45) is 0 Å². The molecule has 8 nitrogen and oxygen atoms in total. The summed E-state index contributed by atoms with van der Waals surface area (Å²) in [5, 5.41) is 7.07. The molecule has 0 saturated carbocycles. The lowest BCUT2D eigenvalue weighted by Gasteiger charge is -2.09. The van der Waals surface area contributed by atoms with Crippen LogP contribution in [-0.4, -0.2) is 34.5 Å². The molecule has 0 bridgehead atoms. The Balaban J connectivity index is 1.46. The van der Waals surface area contributed by atoms with E-state index in [-0.39, 0.29) is 35.6 Å². The molecule has 192 valence electrons. The average Bonchev–Trinajstić information content (AvgIpc) is 3.29. The first-order valence-electron chi connectivity index (χ1n) is 11.5. The van der Waals surface area contributed by atoms with Gasteiger partial charge in [-0.15, -0.1) is 0 Å². The highest BCUT2D eigenvalue weighted by atomic mass is 19.1. The first kappa shape index (κ1) is 25.8. The number of methoxy groups -OCH3 is 2. The third-order valence-corrected chi connectivity index (χ3v) is 5.72. The first-order chi connectivity index (χ1) is 17.9. The van der Waals surface area contributed by atoms with Crippen LogP contribution < -0.4 is 15.6 Å². The van der Waals surface area contributed by atoms with Crippen LogP contribution in [0.3, 0.4) is 0 Å². The Labute approximate surface area is 212 Å². The van der Waals surface area contributed by atoms with Gasteiger partial charge in [-0.25, -0.2) is 8.78 Å². The van der Waals surface area contributed by atoms with E-state index in [9.17, 15) is 18.4 Å². The average molecular weight is 509 g/mol. The normalized spacial score (nSPS) is 10.9. The number of nitrogens with zero attached hydrogens (tertiary/aromatic N) is 3. The number of aromatic nitrogens is 3. The number of hydrogen-bond donors (Lipinski definition) is 1. The van der Waals surface area contributed by atoms with Gasteiger partial charge in [0.15, 0.2) is 11.6 Å². The summed E-state index contributed by atoms with van der Waals surface area (Å²) in [7, 11) is 2.73. The second-order valence-electron chi connectivity index (χ2n) is 8.37. The van der Waals surface area contributed by atoms with Gasteiger partial charge in [-0.05, 0) is 23.3 Å². The van der Waals surface area contributed by atoms with Crippen molar-refractivity contribution < 1.29 is 23.0 Å². The van der Waals surface area contributed by atoms with Crippen LogP contribution in [0.25, 0.3) is 0 Å². The van der Waals surface area contributed by atoms with Gasteiger partial charge in [-0.1, -0.05) is 30.3 Å². The number of nitrogens with one attached hydrogen (secondary N) is 1. The van der Waals surface area contributed by atoms with Crippen molar-refractivity contribution in [3.63, 3.8) is 0 Å². The molecule has 0 spiro atoms. The Kier molecular flexibility index (Phi) is 8.09. The zero-order valence-corrected chi connectivity index (χ0v) is 20.4. The summed E-state index contributed by atoms with van der Waals surface area (Å²) < 4.78 is 41.4. The van der Waals surface area contributed by atoms with Gasteiger partial charge in [0.1, 0.15) is 11.5 Å². The predicted octanol–water partition coefficient (Wildman–Crippen LogP) is 3.50. The van der Waals surface area contributed by atoms with Crippen molar-refractivity contribution in [1.82, 2.24) is 19.7 Å². The number of carbonyl (C=O) groups is 1. The molecule has 0 aliphatic heterocycles. The second-order valence-corrected chi connectivity index (χ2v) is 8.37. The number of pyridine rings is 1. The van der Waals surface area contributed by atoms with Gasteiger partial charge in [0, 0.05) is 43.7 Å². The van der Waals surface area contributed by atoms with Crippen molar-refractivity contribution in [2.75, 3.05) is 14.2 Å². The van der Waals surface area contributed by atoms with Gasteiger partial charge in [0.25, 0.3) is 11.5 Å². The summed E-state index contributed by atoms with van der Waals surface area (Å²) in [5.74, 6) is -2.14. The Morgan fingerprint density at radius 2 is 1.76 bits per heavy atom. The summed E-state index contributed by atoms with van der Waals surface area (Å²) in [5.41, 5.74) is 2.49. The molecule has 2 aromatic heterocycles. The number of benzene rings is 2. The van der Waals surface area contributed by atoms with E-state index < -0.39 is 17.5 Å². The van der Waals surface area contributed by atoms with E-state index in [1.165, 1.54) is 20.3 Å². The van der Waals surface area contributed by atoms with E-state index in [4.69, 9.17) is 9.47 Å². The van der Waals surface area contributed by atoms with Crippen molar-refractivity contribution >= 4 is 5.91 Å². The summed E-state index contributed by atoms with van der Waals surface area (Å²) >= 11 is 0. The molecular weight excluding hydrogens is 482 g/mol. The predicted molar refractivity (Wildman–Crippen MR) is 132 cm³/mol. The molecule has 0 fully saturated rings. The molecule has 37 heavy (non-hydrogen) atoms. The Bertz CT molecular complexity index is 1450. The molecule has 0 saturated heterocycles. The summed E-state index contributed by atoms with van der Waals surface area (Å²) in [6, 6.07) is 14.7. The fourth-order valence-corrected chi connectivity index (χ4v) is 3.87. The first-order valence-corrected chi connectivity index (χ1v) is 11.5. The molecule has 4 rings (SSSR count). The minimum absolute atomic E-state index is 0.0382. The largest absolute Gasteiger partial charge is 0.494 e. The summed E-state index contributed by atoms with van der Waals surface area (Å²) in [4.78, 5) is 24.8. The van der Waals surface area contributed by atoms with Gasteiger partial charge in [-0.3, -0.25) is 14.3 Å². The zero-order valence-electron chi connectivity index (χ0n) is 20.4. The van der Waals surface area contributed by atoms with E-state index >= 15 is 0 Å². The monoisotopic (exact) mass is 508 g/mol. The van der Waals surface area contributed by atoms with Crippen LogP contribution in [0.4, 0.5) is 8.78 Å². The molecule has 0 aliphatic carbocycles. The molecule has 0 unspecified atom stereocenters. The number of amides is 1. The van der Waals surface area contributed by atoms with Crippen LogP contribution in [0, 0.1) is 11.6 Å². The standard InChI is InChI=1S/C27H26F2N4O4/c1-36-17-23-22(27(35)30-13-20-11-21(28)12-24(37-2)26(20)29)16-33(31-23)15-19-8-6-18(7-9-19)14-32-10-4-3-5-25(32)34/h3-12,16H,13-15,17H2,1-2H3,(H,30,35). The third kappa shape index (κ3) is 6.28. The van der Waals surface area contributed by atoms with E-state index in [1.54, 1.807) is 27.7 Å². The molecular formula is C27H26F2N4O4. The molecule has 0 radical (unpaired) electrons. The topological polar surface area (TPSA) is 87.4 Å². The van der Waals surface area contributed by atoms with Crippen LogP contribution in [0.2, 0.25) is 0 Å². The van der Waals surface area contributed by atoms with Crippen LogP contribution in [0.1, 0.15) is 32.7 Å². The number of rotatable bonds is 10. The van der Waals surface area contributed by atoms with Crippen LogP contribution in [0.5, 0.6) is 5.75 Å². The lowest BCUT2D eigenvalue weighted by Crippen LogP contribution is -2.24. The van der Waals surface area contributed by atoms with E-state index in [0.717, 1.165) is 23.3 Å². The Morgan fingerprint density at radius 3 is 2.43 bits per heavy atom. The number of ether oxygens (including phenoxy) is 2. The lowest BCUT2D eigenvalue weighted by molar-refractivity contribution is 0.0945. The molecule has 1 N–H and O–H groups in total. The minimum atomic E-state index is -0.738. The van der Waals surface area contributed by atoms with Gasteiger partial charge < -0.3 is 19.4 Å². The van der Waals surface area contributed by atoms with E-state index in [2.05, 4.69) is 10.4 Å². The third-order valence-electron chi connectivity index (χ3n) is 5.72. The van der Waals surface area contributed by atoms with Gasteiger partial charge >= 0.3 is 0 Å². The van der Waals surface area contributed by atoms with E-state index in [1.807, 2.05) is 30.3 Å². The van der Waals surface area contributed by atoms with Gasteiger partial charge in [-0.2, -0.15) is 5.10 Å². The highest BCUT2D eigenvalue weighted by Gasteiger charge is 2.18. The van der Waals surface area contributed by atoms with Gasteiger partial charge in [0.05, 0.1) is 32.4 Å². The zero-order chi connectivity index (χ0) is 26.4. The van der Waals surface area contributed by atoms with Crippen molar-refractivity contribution in [2.45, 2.75) is 26.2 Å². The van der Waals surface area contributed by atoms with Crippen LogP contribution >= 0.6 is 0 Å². The Hall–Kier alpha value is -4.31. The molecule has 10 heteroatoms. The molecule has 2 aromatic carbocycles. The van der Waals surface area contributed by atoms with Crippen LogP contribution in [-0.2, 0) is 31.0 Å². The van der Waals surface area contributed by atoms with Gasteiger partial charge in [0.2, 0.25) is 0 Å². The maximum Gasteiger partial charge on any atom is 0.255 e. The fourth-order valence-electron chi connectivity index (χ4n) is 3.87. The highest BCUT2D eigenvalue weighted by Crippen LogP contribution is 2.22. The molecule has 4 aromatic rings. The molecule has 0 atom stereocenters. The molecule has 2 heterocycles. The SMILES string of the molecule is COCc1nn(Cc2ccc(Cn3ccccc3=O)cc2)cc1C(=O)NCc1cc(F)cc(OC)c1F. The Morgan fingerprint density at radius 1 is 1.03 bits per heavy atom. The molecule has 0 aliphatic rings.